The van der Waals surface area contributed by atoms with Crippen molar-refractivity contribution in [3.8, 4) is 11.3 Å². The second kappa shape index (κ2) is 6.98. The number of nitrogens with zero attached hydrogens (tertiary/aromatic N) is 4. The zero-order chi connectivity index (χ0) is 20.1. The largest absolute Gasteiger partial charge is 0.343 e. The van der Waals surface area contributed by atoms with Gasteiger partial charge in [0.05, 0.1) is 29.0 Å². The maximum absolute atomic E-state index is 12.8. The minimum absolute atomic E-state index is 0.0217. The van der Waals surface area contributed by atoms with Gasteiger partial charge < -0.3 is 5.32 Å². The van der Waals surface area contributed by atoms with E-state index >= 15 is 0 Å². The van der Waals surface area contributed by atoms with Crippen LogP contribution in [0.2, 0.25) is 0 Å². The summed E-state index contributed by atoms with van der Waals surface area (Å²) in [5, 5.41) is 11.7. The molecular formula is C22H20N6OS. The predicted molar refractivity (Wildman–Crippen MR) is 114 cm³/mol. The SMILES string of the molecule is O=C(NC1CCCc2cc(-c3ncnc4[nH]ncc34)ccc21)c1nc2c(s1)CCC2. The van der Waals surface area contributed by atoms with Crippen LogP contribution in [0.5, 0.6) is 0 Å². The third-order valence-corrected chi connectivity index (χ3v) is 7.23. The Bertz CT molecular complexity index is 1250. The molecule has 4 aromatic rings. The van der Waals surface area contributed by atoms with Gasteiger partial charge in [0.15, 0.2) is 10.7 Å². The molecule has 2 N–H and O–H groups in total. The van der Waals surface area contributed by atoms with E-state index in [1.54, 1.807) is 23.9 Å². The number of aromatic nitrogens is 5. The fourth-order valence-electron chi connectivity index (χ4n) is 4.61. The van der Waals surface area contributed by atoms with Crippen LogP contribution >= 0.6 is 11.3 Å². The molecule has 0 bridgehead atoms. The molecule has 2 aliphatic carbocycles. The standard InChI is InChI=1S/C22H20N6OS/c29-21(22-27-17-5-2-6-18(17)30-22)26-16-4-1-3-12-9-13(7-8-14(12)16)19-15-10-25-28-20(15)24-11-23-19/h7-11,16H,1-6H2,(H,26,29)(H,23,24,25,28). The molecule has 0 spiro atoms. The first-order valence-electron chi connectivity index (χ1n) is 10.3. The summed E-state index contributed by atoms with van der Waals surface area (Å²) in [6.45, 7) is 0. The summed E-state index contributed by atoms with van der Waals surface area (Å²) >= 11 is 1.56. The lowest BCUT2D eigenvalue weighted by Crippen LogP contribution is -2.31. The average molecular weight is 417 g/mol. The third-order valence-electron chi connectivity index (χ3n) is 6.07. The van der Waals surface area contributed by atoms with E-state index in [9.17, 15) is 4.79 Å². The second-order valence-corrected chi connectivity index (χ2v) is 9.01. The van der Waals surface area contributed by atoms with Crippen molar-refractivity contribution in [2.24, 2.45) is 0 Å². The quantitative estimate of drug-likeness (QED) is 0.530. The van der Waals surface area contributed by atoms with E-state index in [1.807, 2.05) is 0 Å². The number of H-pyrrole nitrogens is 1. The van der Waals surface area contributed by atoms with Gasteiger partial charge in [0.1, 0.15) is 6.33 Å². The molecule has 0 saturated heterocycles. The number of hydrogen-bond donors (Lipinski definition) is 2. The number of amides is 1. The van der Waals surface area contributed by atoms with Crippen LogP contribution in [0.3, 0.4) is 0 Å². The van der Waals surface area contributed by atoms with Crippen LogP contribution in [0.25, 0.3) is 22.3 Å². The van der Waals surface area contributed by atoms with Gasteiger partial charge >= 0.3 is 0 Å². The topological polar surface area (TPSA) is 96.5 Å². The van der Waals surface area contributed by atoms with Crippen LogP contribution < -0.4 is 5.32 Å². The van der Waals surface area contributed by atoms with Crippen molar-refractivity contribution >= 4 is 28.3 Å². The summed E-state index contributed by atoms with van der Waals surface area (Å²) in [6.07, 6.45) is 9.53. The number of benzene rings is 1. The minimum Gasteiger partial charge on any atom is -0.343 e. The normalized spacial score (nSPS) is 17.7. The highest BCUT2D eigenvalue weighted by Gasteiger charge is 2.26. The zero-order valence-corrected chi connectivity index (χ0v) is 17.1. The van der Waals surface area contributed by atoms with Crippen molar-refractivity contribution < 1.29 is 4.79 Å². The molecule has 2 aliphatic rings. The molecule has 7 nitrogen and oxygen atoms in total. The van der Waals surface area contributed by atoms with Crippen LogP contribution in [0.4, 0.5) is 0 Å². The monoisotopic (exact) mass is 416 g/mol. The summed E-state index contributed by atoms with van der Waals surface area (Å²) in [5.74, 6) is -0.0489. The van der Waals surface area contributed by atoms with Gasteiger partial charge in [0.2, 0.25) is 0 Å². The molecular weight excluding hydrogens is 396 g/mol. The summed E-state index contributed by atoms with van der Waals surface area (Å²) in [5.41, 5.74) is 6.24. The number of carbonyl (C=O) groups excluding carboxylic acids is 1. The summed E-state index contributed by atoms with van der Waals surface area (Å²) in [4.78, 5) is 27.4. The smallest absolute Gasteiger partial charge is 0.280 e. The van der Waals surface area contributed by atoms with Crippen molar-refractivity contribution in [3.63, 3.8) is 0 Å². The molecule has 8 heteroatoms. The van der Waals surface area contributed by atoms with Crippen LogP contribution in [0.15, 0.2) is 30.7 Å². The van der Waals surface area contributed by atoms with Gasteiger partial charge in [-0.25, -0.2) is 15.0 Å². The van der Waals surface area contributed by atoms with Gasteiger partial charge in [-0.1, -0.05) is 12.1 Å². The second-order valence-electron chi connectivity index (χ2n) is 7.93. The lowest BCUT2D eigenvalue weighted by Gasteiger charge is -2.26. The van der Waals surface area contributed by atoms with Gasteiger partial charge in [-0.05, 0) is 55.7 Å². The molecule has 150 valence electrons. The van der Waals surface area contributed by atoms with Crippen molar-refractivity contribution in [2.75, 3.05) is 0 Å². The average Bonchev–Trinajstić information content (AvgIpc) is 3.49. The molecule has 0 radical (unpaired) electrons. The van der Waals surface area contributed by atoms with Gasteiger partial charge in [-0.3, -0.25) is 9.89 Å². The number of carbonyl (C=O) groups is 1. The molecule has 0 saturated carbocycles. The number of fused-ring (bicyclic) bond motifs is 3. The Kier molecular flexibility index (Phi) is 4.12. The van der Waals surface area contributed by atoms with Gasteiger partial charge in [-0.2, -0.15) is 5.10 Å². The van der Waals surface area contributed by atoms with Gasteiger partial charge in [-0.15, -0.1) is 11.3 Å². The molecule has 0 aliphatic heterocycles. The summed E-state index contributed by atoms with van der Waals surface area (Å²) < 4.78 is 0. The van der Waals surface area contributed by atoms with E-state index in [-0.39, 0.29) is 11.9 Å². The fourth-order valence-corrected chi connectivity index (χ4v) is 5.67. The van der Waals surface area contributed by atoms with Gasteiger partial charge in [0, 0.05) is 10.4 Å². The van der Waals surface area contributed by atoms with E-state index in [0.717, 1.165) is 66.5 Å². The van der Waals surface area contributed by atoms with Crippen LogP contribution in [0.1, 0.15) is 56.8 Å². The Labute approximate surface area is 177 Å². The lowest BCUT2D eigenvalue weighted by atomic mass is 9.86. The highest BCUT2D eigenvalue weighted by atomic mass is 32.1. The number of hydrogen-bond acceptors (Lipinski definition) is 6. The molecule has 1 amide bonds. The Hall–Kier alpha value is -3.13. The van der Waals surface area contributed by atoms with E-state index in [1.165, 1.54) is 16.0 Å². The number of nitrogens with one attached hydrogen (secondary N) is 2. The number of thiazole rings is 1. The number of aryl methyl sites for hydroxylation is 3. The van der Waals surface area contributed by atoms with E-state index in [2.05, 4.69) is 48.7 Å². The molecule has 1 unspecified atom stereocenters. The molecule has 1 aromatic carbocycles. The first-order chi connectivity index (χ1) is 14.8. The summed E-state index contributed by atoms with van der Waals surface area (Å²) in [6, 6.07) is 6.43. The van der Waals surface area contributed by atoms with Crippen LogP contribution in [-0.2, 0) is 19.3 Å². The minimum atomic E-state index is -0.0489. The zero-order valence-electron chi connectivity index (χ0n) is 16.3. The van der Waals surface area contributed by atoms with Crippen molar-refractivity contribution in [1.82, 2.24) is 30.5 Å². The molecule has 1 atom stereocenters. The maximum atomic E-state index is 12.8. The van der Waals surface area contributed by atoms with E-state index in [0.29, 0.717) is 5.01 Å². The molecule has 3 aromatic heterocycles. The Balaban J connectivity index is 1.29. The Morgan fingerprint density at radius 2 is 2.13 bits per heavy atom. The molecule has 30 heavy (non-hydrogen) atoms. The van der Waals surface area contributed by atoms with Crippen molar-refractivity contribution in [2.45, 2.75) is 44.6 Å². The predicted octanol–water partition coefficient (Wildman–Crippen LogP) is 3.77. The van der Waals surface area contributed by atoms with Gasteiger partial charge in [0.25, 0.3) is 5.91 Å². The van der Waals surface area contributed by atoms with Crippen LogP contribution in [-0.4, -0.2) is 31.1 Å². The summed E-state index contributed by atoms with van der Waals surface area (Å²) in [7, 11) is 0. The third kappa shape index (κ3) is 2.90. The number of rotatable bonds is 3. The Morgan fingerprint density at radius 1 is 1.17 bits per heavy atom. The highest BCUT2D eigenvalue weighted by Crippen LogP contribution is 2.34. The molecule has 0 fully saturated rings. The lowest BCUT2D eigenvalue weighted by molar-refractivity contribution is 0.0932. The van der Waals surface area contributed by atoms with E-state index < -0.39 is 0 Å². The Morgan fingerprint density at radius 3 is 3.07 bits per heavy atom. The highest BCUT2D eigenvalue weighted by molar-refractivity contribution is 7.13. The molecule has 6 rings (SSSR count). The van der Waals surface area contributed by atoms with Crippen LogP contribution in [0, 0.1) is 0 Å². The maximum Gasteiger partial charge on any atom is 0.280 e. The van der Waals surface area contributed by atoms with Crippen molar-refractivity contribution in [3.05, 3.63) is 57.4 Å². The first kappa shape index (κ1) is 17.7. The van der Waals surface area contributed by atoms with E-state index in [4.69, 9.17) is 0 Å². The first-order valence-corrected chi connectivity index (χ1v) is 11.1. The number of aromatic amines is 1. The molecule has 3 heterocycles. The van der Waals surface area contributed by atoms with Crippen molar-refractivity contribution in [1.29, 1.82) is 0 Å². The fraction of sp³-hybridized carbons (Fsp3) is 0.318.